The molecule has 0 fully saturated rings. The van der Waals surface area contributed by atoms with Crippen LogP contribution in [0.5, 0.6) is 0 Å². The fraction of sp³-hybridized carbons (Fsp3) is 0.833. The fourth-order valence-electron chi connectivity index (χ4n) is 1.92. The predicted octanol–water partition coefficient (Wildman–Crippen LogP) is 4.18. The Balaban J connectivity index is 2.60. The van der Waals surface area contributed by atoms with Crippen molar-refractivity contribution in [3.8, 4) is 0 Å². The standard InChI is InChI=1S/C12H24OSi/c1-10(2)11-7-6-8-12(9-11)13-14(3,4)5/h9-11H,6-8H2,1-5H3. The summed E-state index contributed by atoms with van der Waals surface area (Å²) in [5.41, 5.74) is 0. The lowest BCUT2D eigenvalue weighted by molar-refractivity contribution is 0.328. The van der Waals surface area contributed by atoms with Gasteiger partial charge in [0.1, 0.15) is 0 Å². The number of allylic oxidation sites excluding steroid dienone is 2. The molecule has 0 radical (unpaired) electrons. The molecule has 0 aromatic rings. The van der Waals surface area contributed by atoms with E-state index in [4.69, 9.17) is 4.43 Å². The van der Waals surface area contributed by atoms with Crippen LogP contribution in [-0.4, -0.2) is 8.32 Å². The Morgan fingerprint density at radius 2 is 2.00 bits per heavy atom. The average Bonchev–Trinajstić information content (AvgIpc) is 2.01. The third-order valence-corrected chi connectivity index (χ3v) is 3.53. The molecule has 0 spiro atoms. The van der Waals surface area contributed by atoms with Crippen molar-refractivity contribution in [3.63, 3.8) is 0 Å². The van der Waals surface area contributed by atoms with Crippen LogP contribution in [0.4, 0.5) is 0 Å². The minimum atomic E-state index is -1.38. The van der Waals surface area contributed by atoms with E-state index in [0.717, 1.165) is 18.3 Å². The van der Waals surface area contributed by atoms with Crippen molar-refractivity contribution in [2.45, 2.75) is 52.8 Å². The molecule has 1 unspecified atom stereocenters. The van der Waals surface area contributed by atoms with Crippen LogP contribution in [0.3, 0.4) is 0 Å². The number of hydrogen-bond acceptors (Lipinski definition) is 1. The second kappa shape index (κ2) is 4.52. The first kappa shape index (κ1) is 11.8. The van der Waals surface area contributed by atoms with Gasteiger partial charge in [0.05, 0.1) is 5.76 Å². The highest BCUT2D eigenvalue weighted by molar-refractivity contribution is 6.70. The van der Waals surface area contributed by atoms with E-state index in [1.54, 1.807) is 0 Å². The van der Waals surface area contributed by atoms with Crippen molar-refractivity contribution in [2.24, 2.45) is 11.8 Å². The Kier molecular flexibility index (Phi) is 3.82. The summed E-state index contributed by atoms with van der Waals surface area (Å²) in [7, 11) is -1.38. The van der Waals surface area contributed by atoms with Crippen LogP contribution in [0.2, 0.25) is 19.6 Å². The van der Waals surface area contributed by atoms with Crippen LogP contribution < -0.4 is 0 Å². The maximum Gasteiger partial charge on any atom is 0.241 e. The van der Waals surface area contributed by atoms with Gasteiger partial charge in [0.25, 0.3) is 0 Å². The quantitative estimate of drug-likeness (QED) is 0.638. The summed E-state index contributed by atoms with van der Waals surface area (Å²) in [5, 5.41) is 0. The molecule has 0 bridgehead atoms. The van der Waals surface area contributed by atoms with E-state index in [9.17, 15) is 0 Å². The average molecular weight is 212 g/mol. The van der Waals surface area contributed by atoms with E-state index < -0.39 is 8.32 Å². The van der Waals surface area contributed by atoms with Gasteiger partial charge in [0, 0.05) is 6.42 Å². The molecule has 82 valence electrons. The third kappa shape index (κ3) is 3.87. The van der Waals surface area contributed by atoms with Crippen LogP contribution >= 0.6 is 0 Å². The largest absolute Gasteiger partial charge is 0.548 e. The molecule has 0 aromatic heterocycles. The predicted molar refractivity (Wildman–Crippen MR) is 64.7 cm³/mol. The van der Waals surface area contributed by atoms with Crippen LogP contribution in [0.1, 0.15) is 33.1 Å². The van der Waals surface area contributed by atoms with Crippen molar-refractivity contribution >= 4 is 8.32 Å². The molecule has 1 nitrogen and oxygen atoms in total. The van der Waals surface area contributed by atoms with Crippen molar-refractivity contribution in [1.82, 2.24) is 0 Å². The highest BCUT2D eigenvalue weighted by atomic mass is 28.4. The summed E-state index contributed by atoms with van der Waals surface area (Å²) in [5.74, 6) is 2.78. The Labute approximate surface area is 89.7 Å². The SMILES string of the molecule is CC(C)C1C=C(O[Si](C)(C)C)CCC1. The normalized spacial score (nSPS) is 23.6. The lowest BCUT2D eigenvalue weighted by atomic mass is 9.86. The molecule has 0 N–H and O–H groups in total. The van der Waals surface area contributed by atoms with Crippen LogP contribution in [0, 0.1) is 11.8 Å². The van der Waals surface area contributed by atoms with Gasteiger partial charge in [-0.1, -0.05) is 13.8 Å². The van der Waals surface area contributed by atoms with E-state index >= 15 is 0 Å². The first-order chi connectivity index (χ1) is 6.38. The van der Waals surface area contributed by atoms with Gasteiger partial charge >= 0.3 is 0 Å². The zero-order chi connectivity index (χ0) is 10.8. The second-order valence-corrected chi connectivity index (χ2v) is 10.1. The first-order valence-electron chi connectivity index (χ1n) is 5.78. The van der Waals surface area contributed by atoms with Gasteiger partial charge in [-0.05, 0) is 50.4 Å². The molecule has 0 amide bonds. The van der Waals surface area contributed by atoms with Crippen LogP contribution in [0.15, 0.2) is 11.8 Å². The van der Waals surface area contributed by atoms with Gasteiger partial charge in [-0.15, -0.1) is 0 Å². The lowest BCUT2D eigenvalue weighted by Crippen LogP contribution is -2.26. The smallest absolute Gasteiger partial charge is 0.241 e. The van der Waals surface area contributed by atoms with Gasteiger partial charge in [0.15, 0.2) is 0 Å². The molecule has 0 aromatic carbocycles. The van der Waals surface area contributed by atoms with E-state index in [1.165, 1.54) is 18.6 Å². The molecule has 0 heterocycles. The summed E-state index contributed by atoms with van der Waals surface area (Å²) >= 11 is 0. The van der Waals surface area contributed by atoms with Crippen molar-refractivity contribution in [1.29, 1.82) is 0 Å². The monoisotopic (exact) mass is 212 g/mol. The Bertz CT molecular complexity index is 213. The zero-order valence-corrected chi connectivity index (χ0v) is 11.3. The molecule has 2 heteroatoms. The minimum absolute atomic E-state index is 0.745. The summed E-state index contributed by atoms with van der Waals surface area (Å²) in [6.45, 7) is 11.4. The zero-order valence-electron chi connectivity index (χ0n) is 10.3. The fourth-order valence-corrected chi connectivity index (χ4v) is 2.88. The van der Waals surface area contributed by atoms with Crippen molar-refractivity contribution in [2.75, 3.05) is 0 Å². The molecule has 0 saturated heterocycles. The van der Waals surface area contributed by atoms with E-state index in [1.807, 2.05) is 0 Å². The summed E-state index contributed by atoms with van der Waals surface area (Å²) in [6, 6.07) is 0. The maximum absolute atomic E-state index is 6.06. The second-order valence-electron chi connectivity index (χ2n) is 5.65. The molecular formula is C12H24OSi. The first-order valence-corrected chi connectivity index (χ1v) is 9.19. The third-order valence-electron chi connectivity index (χ3n) is 2.65. The van der Waals surface area contributed by atoms with Crippen molar-refractivity contribution in [3.05, 3.63) is 11.8 Å². The maximum atomic E-state index is 6.06. The Hall–Kier alpha value is -0.243. The van der Waals surface area contributed by atoms with Gasteiger partial charge in [-0.25, -0.2) is 0 Å². The van der Waals surface area contributed by atoms with E-state index in [2.05, 4.69) is 39.6 Å². The number of hydrogen-bond donors (Lipinski definition) is 0. The van der Waals surface area contributed by atoms with E-state index in [0.29, 0.717) is 0 Å². The molecule has 1 rings (SSSR count). The van der Waals surface area contributed by atoms with Crippen molar-refractivity contribution < 1.29 is 4.43 Å². The van der Waals surface area contributed by atoms with Gasteiger partial charge in [0.2, 0.25) is 8.32 Å². The van der Waals surface area contributed by atoms with E-state index in [-0.39, 0.29) is 0 Å². The summed E-state index contributed by atoms with van der Waals surface area (Å²) in [6.07, 6.45) is 6.19. The minimum Gasteiger partial charge on any atom is -0.548 e. The lowest BCUT2D eigenvalue weighted by Gasteiger charge is -2.28. The molecule has 1 atom stereocenters. The van der Waals surface area contributed by atoms with Gasteiger partial charge in [-0.2, -0.15) is 0 Å². The van der Waals surface area contributed by atoms with Gasteiger partial charge < -0.3 is 4.43 Å². The molecule has 14 heavy (non-hydrogen) atoms. The molecular weight excluding hydrogens is 188 g/mol. The molecule has 1 aliphatic rings. The molecule has 0 aliphatic heterocycles. The topological polar surface area (TPSA) is 9.23 Å². The molecule has 0 saturated carbocycles. The Morgan fingerprint density at radius 3 is 2.50 bits per heavy atom. The molecule has 1 aliphatic carbocycles. The van der Waals surface area contributed by atoms with Crippen LogP contribution in [-0.2, 0) is 4.43 Å². The highest BCUT2D eigenvalue weighted by Gasteiger charge is 2.22. The summed E-state index contributed by atoms with van der Waals surface area (Å²) in [4.78, 5) is 0. The highest BCUT2D eigenvalue weighted by Crippen LogP contribution is 2.30. The van der Waals surface area contributed by atoms with Crippen LogP contribution in [0.25, 0.3) is 0 Å². The summed E-state index contributed by atoms with van der Waals surface area (Å²) < 4.78 is 6.06. The van der Waals surface area contributed by atoms with Gasteiger partial charge in [-0.3, -0.25) is 0 Å². The Morgan fingerprint density at radius 1 is 1.36 bits per heavy atom. The number of rotatable bonds is 3.